The van der Waals surface area contributed by atoms with Crippen molar-refractivity contribution in [2.75, 3.05) is 7.11 Å². The summed E-state index contributed by atoms with van der Waals surface area (Å²) in [6, 6.07) is 9.82. The molecule has 0 bridgehead atoms. The first-order valence-electron chi connectivity index (χ1n) is 7.61. The average molecular weight is 417 g/mol. The molecule has 0 aliphatic carbocycles. The SMILES string of the molecule is COc1ccc(S(=O)(=O)N[C@@H](C)C(=O)NCc2ccc(Cl)cc2Cl)cc1. The summed E-state index contributed by atoms with van der Waals surface area (Å²) >= 11 is 11.9. The first-order chi connectivity index (χ1) is 12.2. The van der Waals surface area contributed by atoms with Crippen LogP contribution < -0.4 is 14.8 Å². The van der Waals surface area contributed by atoms with E-state index in [-0.39, 0.29) is 11.4 Å². The van der Waals surface area contributed by atoms with Gasteiger partial charge in [0.25, 0.3) is 0 Å². The molecule has 0 fully saturated rings. The van der Waals surface area contributed by atoms with Gasteiger partial charge in [0.1, 0.15) is 5.75 Å². The lowest BCUT2D eigenvalue weighted by molar-refractivity contribution is -0.122. The van der Waals surface area contributed by atoms with Crippen LogP contribution in [0.25, 0.3) is 0 Å². The lowest BCUT2D eigenvalue weighted by Crippen LogP contribution is -2.44. The van der Waals surface area contributed by atoms with Crippen LogP contribution >= 0.6 is 23.2 Å². The second kappa shape index (κ2) is 8.73. The molecule has 140 valence electrons. The summed E-state index contributed by atoms with van der Waals surface area (Å²) in [4.78, 5) is 12.2. The highest BCUT2D eigenvalue weighted by atomic mass is 35.5. The Morgan fingerprint density at radius 1 is 1.15 bits per heavy atom. The molecule has 0 saturated carbocycles. The summed E-state index contributed by atoms with van der Waals surface area (Å²) in [5.74, 6) is 0.0580. The molecule has 2 aromatic rings. The molecule has 0 saturated heterocycles. The molecule has 2 N–H and O–H groups in total. The van der Waals surface area contributed by atoms with Gasteiger partial charge < -0.3 is 10.1 Å². The van der Waals surface area contributed by atoms with E-state index in [2.05, 4.69) is 10.0 Å². The fourth-order valence-corrected chi connectivity index (χ4v) is 3.79. The van der Waals surface area contributed by atoms with Gasteiger partial charge in [0, 0.05) is 16.6 Å². The number of methoxy groups -OCH3 is 1. The van der Waals surface area contributed by atoms with Crippen LogP contribution in [0.1, 0.15) is 12.5 Å². The third-order valence-electron chi connectivity index (χ3n) is 3.56. The topological polar surface area (TPSA) is 84.5 Å². The predicted molar refractivity (Wildman–Crippen MR) is 101 cm³/mol. The third-order valence-corrected chi connectivity index (χ3v) is 5.71. The van der Waals surface area contributed by atoms with Gasteiger partial charge in [-0.15, -0.1) is 0 Å². The molecule has 2 rings (SSSR count). The number of ether oxygens (including phenoxy) is 1. The molecule has 0 heterocycles. The van der Waals surface area contributed by atoms with E-state index in [1.54, 1.807) is 18.2 Å². The molecule has 1 atom stereocenters. The van der Waals surface area contributed by atoms with E-state index in [1.165, 1.54) is 38.3 Å². The van der Waals surface area contributed by atoms with E-state index in [1.807, 2.05) is 0 Å². The van der Waals surface area contributed by atoms with E-state index in [0.717, 1.165) is 0 Å². The van der Waals surface area contributed by atoms with Crippen molar-refractivity contribution >= 4 is 39.1 Å². The number of halogens is 2. The average Bonchev–Trinajstić information content (AvgIpc) is 2.60. The minimum Gasteiger partial charge on any atom is -0.497 e. The quantitative estimate of drug-likeness (QED) is 0.726. The molecule has 0 aliphatic rings. The highest BCUT2D eigenvalue weighted by Gasteiger charge is 2.22. The van der Waals surface area contributed by atoms with Crippen LogP contribution in [0.5, 0.6) is 5.75 Å². The van der Waals surface area contributed by atoms with Gasteiger partial charge in [-0.3, -0.25) is 4.79 Å². The summed E-state index contributed by atoms with van der Waals surface area (Å²) in [5, 5.41) is 3.55. The number of rotatable bonds is 7. The van der Waals surface area contributed by atoms with Crippen molar-refractivity contribution in [1.82, 2.24) is 10.0 Å². The van der Waals surface area contributed by atoms with Crippen molar-refractivity contribution in [2.24, 2.45) is 0 Å². The second-order valence-electron chi connectivity index (χ2n) is 5.47. The Balaban J connectivity index is 1.98. The Hall–Kier alpha value is -1.80. The first-order valence-corrected chi connectivity index (χ1v) is 9.85. The predicted octanol–water partition coefficient (Wildman–Crippen LogP) is 2.99. The number of carbonyl (C=O) groups is 1. The fourth-order valence-electron chi connectivity index (χ4n) is 2.11. The van der Waals surface area contributed by atoms with Crippen molar-refractivity contribution in [2.45, 2.75) is 24.4 Å². The second-order valence-corrected chi connectivity index (χ2v) is 8.03. The lowest BCUT2D eigenvalue weighted by Gasteiger charge is -2.15. The Bertz CT molecular complexity index is 886. The molecular formula is C17H18Cl2N2O4S. The Labute approximate surface area is 162 Å². The fraction of sp³-hybridized carbons (Fsp3) is 0.235. The van der Waals surface area contributed by atoms with Crippen LogP contribution in [0.2, 0.25) is 10.0 Å². The Kier molecular flexibility index (Phi) is 6.88. The smallest absolute Gasteiger partial charge is 0.241 e. The number of amides is 1. The van der Waals surface area contributed by atoms with E-state index < -0.39 is 22.0 Å². The van der Waals surface area contributed by atoms with Crippen LogP contribution in [0, 0.1) is 0 Å². The highest BCUT2D eigenvalue weighted by Crippen LogP contribution is 2.20. The van der Waals surface area contributed by atoms with Gasteiger partial charge in [-0.25, -0.2) is 8.42 Å². The molecule has 0 aliphatic heterocycles. The normalized spacial score (nSPS) is 12.5. The zero-order valence-electron chi connectivity index (χ0n) is 14.1. The molecule has 9 heteroatoms. The lowest BCUT2D eigenvalue weighted by atomic mass is 10.2. The Morgan fingerprint density at radius 2 is 1.81 bits per heavy atom. The molecule has 0 aromatic heterocycles. The molecule has 0 unspecified atom stereocenters. The first kappa shape index (κ1) is 20.5. The van der Waals surface area contributed by atoms with Crippen molar-refractivity contribution in [3.8, 4) is 5.75 Å². The molecule has 1 amide bonds. The number of nitrogens with one attached hydrogen (secondary N) is 2. The van der Waals surface area contributed by atoms with E-state index in [4.69, 9.17) is 27.9 Å². The van der Waals surface area contributed by atoms with Gasteiger partial charge in [0.15, 0.2) is 0 Å². The van der Waals surface area contributed by atoms with Crippen molar-refractivity contribution in [3.05, 3.63) is 58.1 Å². The monoisotopic (exact) mass is 416 g/mol. The zero-order valence-corrected chi connectivity index (χ0v) is 16.5. The number of carbonyl (C=O) groups excluding carboxylic acids is 1. The van der Waals surface area contributed by atoms with Crippen LogP contribution in [0.15, 0.2) is 47.4 Å². The summed E-state index contributed by atoms with van der Waals surface area (Å²) in [5.41, 5.74) is 0.676. The van der Waals surface area contributed by atoms with E-state index >= 15 is 0 Å². The maximum Gasteiger partial charge on any atom is 0.241 e. The minimum absolute atomic E-state index is 0.0405. The summed E-state index contributed by atoms with van der Waals surface area (Å²) in [7, 11) is -2.35. The van der Waals surface area contributed by atoms with Gasteiger partial charge in [0.05, 0.1) is 18.0 Å². The van der Waals surface area contributed by atoms with E-state index in [9.17, 15) is 13.2 Å². The van der Waals surface area contributed by atoms with E-state index in [0.29, 0.717) is 21.4 Å². The maximum atomic E-state index is 12.3. The number of sulfonamides is 1. The van der Waals surface area contributed by atoms with Gasteiger partial charge in [0.2, 0.25) is 15.9 Å². The largest absolute Gasteiger partial charge is 0.497 e. The van der Waals surface area contributed by atoms with Gasteiger partial charge in [-0.05, 0) is 48.9 Å². The molecule has 6 nitrogen and oxygen atoms in total. The van der Waals surface area contributed by atoms with Gasteiger partial charge in [-0.1, -0.05) is 29.3 Å². The van der Waals surface area contributed by atoms with Crippen molar-refractivity contribution in [3.63, 3.8) is 0 Å². The zero-order chi connectivity index (χ0) is 19.3. The molecule has 26 heavy (non-hydrogen) atoms. The number of hydrogen-bond donors (Lipinski definition) is 2. The summed E-state index contributed by atoms with van der Waals surface area (Å²) < 4.78 is 32.0. The maximum absolute atomic E-state index is 12.3. The van der Waals surface area contributed by atoms with Crippen molar-refractivity contribution < 1.29 is 17.9 Å². The van der Waals surface area contributed by atoms with Gasteiger partial charge >= 0.3 is 0 Å². The third kappa shape index (κ3) is 5.35. The van der Waals surface area contributed by atoms with Crippen molar-refractivity contribution in [1.29, 1.82) is 0 Å². The molecule has 0 radical (unpaired) electrons. The molecule has 2 aromatic carbocycles. The standard InChI is InChI=1S/C17H18Cl2N2O4S/c1-11(17(22)20-10-12-3-4-13(18)9-16(12)19)21-26(23,24)15-7-5-14(25-2)6-8-15/h3-9,11,21H,10H2,1-2H3,(H,20,22)/t11-/m0/s1. The Morgan fingerprint density at radius 3 is 2.38 bits per heavy atom. The minimum atomic E-state index is -3.84. The summed E-state index contributed by atoms with van der Waals surface area (Å²) in [6.45, 7) is 1.61. The van der Waals surface area contributed by atoms with Crippen LogP contribution in [-0.4, -0.2) is 27.5 Å². The number of hydrogen-bond acceptors (Lipinski definition) is 4. The van der Waals surface area contributed by atoms with Gasteiger partial charge in [-0.2, -0.15) is 4.72 Å². The molecule has 0 spiro atoms. The number of benzene rings is 2. The van der Waals surface area contributed by atoms with Crippen LogP contribution in [0.4, 0.5) is 0 Å². The summed E-state index contributed by atoms with van der Waals surface area (Å²) in [6.07, 6.45) is 0. The highest BCUT2D eigenvalue weighted by molar-refractivity contribution is 7.89. The van der Waals surface area contributed by atoms with Crippen LogP contribution in [-0.2, 0) is 21.4 Å². The van der Waals surface area contributed by atoms with Crippen LogP contribution in [0.3, 0.4) is 0 Å². The molecular weight excluding hydrogens is 399 g/mol.